The molecule has 0 bridgehead atoms. The molecule has 0 aliphatic heterocycles. The molecule has 0 atom stereocenters. The topological polar surface area (TPSA) is 126 Å². The van der Waals surface area contributed by atoms with Crippen LogP contribution in [0.5, 0.6) is 11.5 Å². The fourth-order valence-corrected chi connectivity index (χ4v) is 3.82. The van der Waals surface area contributed by atoms with Gasteiger partial charge in [-0.2, -0.15) is 0 Å². The number of aromatic nitrogens is 2. The Morgan fingerprint density at radius 3 is 2.26 bits per heavy atom. The highest BCUT2D eigenvalue weighted by Crippen LogP contribution is 2.36. The molecule has 2 aromatic heterocycles. The smallest absolute Gasteiger partial charge is 0.189 e. The van der Waals surface area contributed by atoms with E-state index < -0.39 is 0 Å². The van der Waals surface area contributed by atoms with Gasteiger partial charge in [-0.15, -0.1) is 0 Å². The molecule has 0 saturated heterocycles. The van der Waals surface area contributed by atoms with Crippen LogP contribution in [0, 0.1) is 0 Å². The minimum Gasteiger partial charge on any atom is -0.493 e. The third-order valence-corrected chi connectivity index (χ3v) is 5.71. The highest BCUT2D eigenvalue weighted by molar-refractivity contribution is 6.10. The van der Waals surface area contributed by atoms with Gasteiger partial charge in [0.2, 0.25) is 0 Å². The summed E-state index contributed by atoms with van der Waals surface area (Å²) < 4.78 is 10.8. The summed E-state index contributed by atoms with van der Waals surface area (Å²) in [5, 5.41) is 25.4. The number of pyridine rings is 2. The molecule has 0 spiro atoms. The Hall–Kier alpha value is -4.73. The minimum atomic E-state index is -0.240. The number of hydrogen-bond acceptors (Lipinski definition) is 9. The summed E-state index contributed by atoms with van der Waals surface area (Å²) >= 11 is 0. The van der Waals surface area contributed by atoms with E-state index in [0.717, 1.165) is 11.3 Å². The van der Waals surface area contributed by atoms with Crippen LogP contribution in [0.15, 0.2) is 79.1 Å². The van der Waals surface area contributed by atoms with Gasteiger partial charge in [-0.25, -0.2) is 9.97 Å². The van der Waals surface area contributed by atoms with Crippen molar-refractivity contribution in [1.82, 2.24) is 9.97 Å². The fourth-order valence-electron chi connectivity index (χ4n) is 3.82. The summed E-state index contributed by atoms with van der Waals surface area (Å²) in [5.74, 6) is 1.62. The number of nitrogens with one attached hydrogen (secondary N) is 2. The number of rotatable bonds is 11. The number of ether oxygens (including phenoxy) is 2. The summed E-state index contributed by atoms with van der Waals surface area (Å²) in [7, 11) is 3.04. The first-order valence-corrected chi connectivity index (χ1v) is 11.8. The lowest BCUT2D eigenvalue weighted by atomic mass is 10.1. The van der Waals surface area contributed by atoms with Gasteiger partial charge in [-0.1, -0.05) is 12.1 Å². The van der Waals surface area contributed by atoms with E-state index in [9.17, 15) is 15.0 Å². The summed E-state index contributed by atoms with van der Waals surface area (Å²) in [5.41, 5.74) is 3.81. The first-order valence-electron chi connectivity index (χ1n) is 11.8. The molecule has 0 unspecified atom stereocenters. The second kappa shape index (κ2) is 12.5. The van der Waals surface area contributed by atoms with Crippen molar-refractivity contribution >= 4 is 34.9 Å². The average Bonchev–Trinajstić information content (AvgIpc) is 2.96. The van der Waals surface area contributed by atoms with Crippen molar-refractivity contribution in [3.05, 3.63) is 101 Å². The van der Waals surface area contributed by atoms with Gasteiger partial charge in [0.25, 0.3) is 0 Å². The van der Waals surface area contributed by atoms with E-state index >= 15 is 0 Å². The Morgan fingerprint density at radius 1 is 0.868 bits per heavy atom. The molecule has 0 aliphatic rings. The fraction of sp³-hybridized carbons (Fsp3) is 0.138. The first kappa shape index (κ1) is 26.3. The van der Waals surface area contributed by atoms with Gasteiger partial charge in [0, 0.05) is 41.0 Å². The van der Waals surface area contributed by atoms with E-state index in [1.165, 1.54) is 20.3 Å². The molecule has 0 saturated carbocycles. The molecule has 38 heavy (non-hydrogen) atoms. The monoisotopic (exact) mass is 512 g/mol. The molecule has 0 fully saturated rings. The number of aliphatic hydroxyl groups excluding tert-OH is 2. The zero-order valence-corrected chi connectivity index (χ0v) is 21.0. The molecule has 9 nitrogen and oxygen atoms in total. The molecular formula is C29H28N4O5. The zero-order chi connectivity index (χ0) is 26.9. The summed E-state index contributed by atoms with van der Waals surface area (Å²) in [6.45, 7) is -0.274. The van der Waals surface area contributed by atoms with E-state index in [-0.39, 0.29) is 19.0 Å². The lowest BCUT2D eigenvalue weighted by Gasteiger charge is -2.15. The Morgan fingerprint density at radius 2 is 1.58 bits per heavy atom. The van der Waals surface area contributed by atoms with Crippen LogP contribution in [0.3, 0.4) is 0 Å². The molecule has 2 heterocycles. The van der Waals surface area contributed by atoms with Crippen molar-refractivity contribution in [2.45, 2.75) is 13.2 Å². The lowest BCUT2D eigenvalue weighted by molar-refractivity contribution is 0.104. The molecule has 194 valence electrons. The minimum absolute atomic E-state index is 0.0435. The maximum atomic E-state index is 13.1. The third kappa shape index (κ3) is 6.15. The second-order valence-electron chi connectivity index (χ2n) is 8.17. The summed E-state index contributed by atoms with van der Waals surface area (Å²) in [6, 6.07) is 17.7. The number of methoxy groups -OCH3 is 2. The van der Waals surface area contributed by atoms with Crippen molar-refractivity contribution < 1.29 is 24.5 Å². The normalized spacial score (nSPS) is 10.8. The lowest BCUT2D eigenvalue weighted by Crippen LogP contribution is -2.04. The van der Waals surface area contributed by atoms with E-state index in [4.69, 9.17) is 9.47 Å². The van der Waals surface area contributed by atoms with Crippen molar-refractivity contribution in [1.29, 1.82) is 0 Å². The number of carbonyl (C=O) groups is 1. The van der Waals surface area contributed by atoms with Crippen molar-refractivity contribution in [3.8, 4) is 11.5 Å². The molecule has 4 aromatic rings. The molecule has 0 aliphatic carbocycles. The predicted octanol–water partition coefficient (Wildman–Crippen LogP) is 4.86. The van der Waals surface area contributed by atoms with Crippen LogP contribution >= 0.6 is 0 Å². The number of benzene rings is 2. The number of carbonyl (C=O) groups excluding carboxylic acids is 1. The quantitative estimate of drug-likeness (QED) is 0.165. The highest BCUT2D eigenvalue weighted by Gasteiger charge is 2.14. The van der Waals surface area contributed by atoms with Gasteiger partial charge in [0.15, 0.2) is 17.3 Å². The number of aliphatic hydroxyl groups is 2. The Balaban J connectivity index is 1.56. The standard InChI is InChI=1S/C29H28N4O5/c1-37-26-16-23(15-21(18-35)27(26)38-2)33-28-20(5-3-13-30-28)9-12-25(36)24-6-4-14-31-29(24)32-22-10-7-19(17-34)8-11-22/h3-16,34-35H,17-18H2,1-2H3,(H,30,33)(H,31,32). The largest absolute Gasteiger partial charge is 0.493 e. The molecule has 4 N–H and O–H groups in total. The number of hydrogen-bond donors (Lipinski definition) is 4. The van der Waals surface area contributed by atoms with E-state index in [0.29, 0.717) is 45.5 Å². The number of nitrogens with zero attached hydrogens (tertiary/aromatic N) is 2. The van der Waals surface area contributed by atoms with E-state index in [2.05, 4.69) is 20.6 Å². The van der Waals surface area contributed by atoms with Crippen LogP contribution in [-0.2, 0) is 13.2 Å². The maximum absolute atomic E-state index is 13.1. The van der Waals surface area contributed by atoms with Crippen LogP contribution in [0.1, 0.15) is 27.0 Å². The average molecular weight is 513 g/mol. The predicted molar refractivity (Wildman–Crippen MR) is 146 cm³/mol. The van der Waals surface area contributed by atoms with Crippen LogP contribution in [0.2, 0.25) is 0 Å². The van der Waals surface area contributed by atoms with Crippen molar-refractivity contribution in [2.75, 3.05) is 24.9 Å². The highest BCUT2D eigenvalue weighted by atomic mass is 16.5. The SMILES string of the molecule is COc1cc(Nc2ncccc2C=CC(=O)c2cccnc2Nc2ccc(CO)cc2)cc(CO)c1OC. The number of ketones is 1. The van der Waals surface area contributed by atoms with Crippen molar-refractivity contribution in [3.63, 3.8) is 0 Å². The summed E-state index contributed by atoms with van der Waals surface area (Å²) in [6.07, 6.45) is 6.39. The maximum Gasteiger partial charge on any atom is 0.189 e. The Labute approximate surface area is 220 Å². The first-order chi connectivity index (χ1) is 18.6. The van der Waals surface area contributed by atoms with Crippen LogP contribution in [0.25, 0.3) is 6.08 Å². The van der Waals surface area contributed by atoms with Gasteiger partial charge >= 0.3 is 0 Å². The molecule has 0 radical (unpaired) electrons. The second-order valence-corrected chi connectivity index (χ2v) is 8.17. The van der Waals surface area contributed by atoms with E-state index in [1.54, 1.807) is 60.9 Å². The molecular weight excluding hydrogens is 484 g/mol. The van der Waals surface area contributed by atoms with Gasteiger partial charge in [0.05, 0.1) is 33.0 Å². The Bertz CT molecular complexity index is 1410. The Kier molecular flexibility index (Phi) is 8.65. The molecule has 2 aromatic carbocycles. The van der Waals surface area contributed by atoms with E-state index in [1.807, 2.05) is 18.2 Å². The molecule has 0 amide bonds. The van der Waals surface area contributed by atoms with Gasteiger partial charge < -0.3 is 30.3 Å². The summed E-state index contributed by atoms with van der Waals surface area (Å²) in [4.78, 5) is 21.9. The number of allylic oxidation sites excluding steroid dienone is 1. The van der Waals surface area contributed by atoms with Crippen LogP contribution in [0.4, 0.5) is 23.0 Å². The van der Waals surface area contributed by atoms with Gasteiger partial charge in [0.1, 0.15) is 11.6 Å². The number of anilines is 4. The van der Waals surface area contributed by atoms with Crippen LogP contribution in [-0.4, -0.2) is 40.2 Å². The van der Waals surface area contributed by atoms with Gasteiger partial charge in [-0.3, -0.25) is 4.79 Å². The molecule has 9 heteroatoms. The zero-order valence-electron chi connectivity index (χ0n) is 21.0. The molecule has 4 rings (SSSR count). The van der Waals surface area contributed by atoms with Crippen LogP contribution < -0.4 is 20.1 Å². The van der Waals surface area contributed by atoms with Crippen molar-refractivity contribution in [2.24, 2.45) is 0 Å². The van der Waals surface area contributed by atoms with Gasteiger partial charge in [-0.05, 0) is 60.2 Å². The third-order valence-electron chi connectivity index (χ3n) is 5.71.